The van der Waals surface area contributed by atoms with E-state index in [4.69, 9.17) is 0 Å². The van der Waals surface area contributed by atoms with Gasteiger partial charge in [0.05, 0.1) is 11.7 Å². The predicted octanol–water partition coefficient (Wildman–Crippen LogP) is 1.96. The number of nitrogens with zero attached hydrogens (tertiary/aromatic N) is 2. The van der Waals surface area contributed by atoms with E-state index in [2.05, 4.69) is 41.2 Å². The van der Waals surface area contributed by atoms with Gasteiger partial charge in [0, 0.05) is 12.7 Å². The highest BCUT2D eigenvalue weighted by Gasteiger charge is 2.18. The lowest BCUT2D eigenvalue weighted by Gasteiger charge is -2.07. The molecule has 0 aliphatic carbocycles. The van der Waals surface area contributed by atoms with E-state index in [1.807, 2.05) is 0 Å². The molecule has 0 bridgehead atoms. The quantitative estimate of drug-likeness (QED) is 0.795. The summed E-state index contributed by atoms with van der Waals surface area (Å²) in [4.78, 5) is 0. The Morgan fingerprint density at radius 1 is 1.64 bits per heavy atom. The molecule has 14 heavy (non-hydrogen) atoms. The van der Waals surface area contributed by atoms with Crippen molar-refractivity contribution in [2.45, 2.75) is 39.3 Å². The van der Waals surface area contributed by atoms with Crippen molar-refractivity contribution in [1.82, 2.24) is 15.1 Å². The zero-order valence-corrected chi connectivity index (χ0v) is 9.03. The molecule has 2 rings (SSSR count). The van der Waals surface area contributed by atoms with Crippen LogP contribution in [0.1, 0.15) is 38.4 Å². The second kappa shape index (κ2) is 4.13. The van der Waals surface area contributed by atoms with Crippen LogP contribution in [0.15, 0.2) is 12.3 Å². The Labute approximate surface area is 85.5 Å². The Kier molecular flexibility index (Phi) is 2.87. The van der Waals surface area contributed by atoms with E-state index < -0.39 is 0 Å². The smallest absolute Gasteiger partial charge is 0.0793 e. The van der Waals surface area contributed by atoms with Gasteiger partial charge < -0.3 is 5.32 Å². The summed E-state index contributed by atoms with van der Waals surface area (Å²) in [5.74, 6) is 0.666. The first-order chi connectivity index (χ1) is 6.75. The van der Waals surface area contributed by atoms with E-state index >= 15 is 0 Å². The topological polar surface area (TPSA) is 29.9 Å². The second-order valence-corrected chi connectivity index (χ2v) is 4.51. The van der Waals surface area contributed by atoms with Gasteiger partial charge in [-0.15, -0.1) is 0 Å². The minimum absolute atomic E-state index is 0.503. The average molecular weight is 193 g/mol. The highest BCUT2D eigenvalue weighted by atomic mass is 15.3. The van der Waals surface area contributed by atoms with Gasteiger partial charge in [-0.05, 0) is 31.4 Å². The van der Waals surface area contributed by atoms with Crippen molar-refractivity contribution in [1.29, 1.82) is 0 Å². The van der Waals surface area contributed by atoms with Gasteiger partial charge in [0.25, 0.3) is 0 Å². The second-order valence-electron chi connectivity index (χ2n) is 4.51. The van der Waals surface area contributed by atoms with Gasteiger partial charge >= 0.3 is 0 Å². The third-order valence-electron chi connectivity index (χ3n) is 2.63. The summed E-state index contributed by atoms with van der Waals surface area (Å²) in [7, 11) is 0. The number of aromatic nitrogens is 2. The van der Waals surface area contributed by atoms with Crippen molar-refractivity contribution in [3.63, 3.8) is 0 Å². The van der Waals surface area contributed by atoms with Crippen LogP contribution in [0.3, 0.4) is 0 Å². The normalized spacial score (nSPS) is 22.1. The van der Waals surface area contributed by atoms with Crippen molar-refractivity contribution >= 4 is 0 Å². The standard InChI is InChI=1S/C11H19N3/c1-9(2)8-14-7-5-11(13-14)10-4-3-6-12-10/h5,7,9-10,12H,3-4,6,8H2,1-2H3/t10-/m0/s1. The molecule has 1 aromatic rings. The molecule has 1 aliphatic heterocycles. The van der Waals surface area contributed by atoms with E-state index in [-0.39, 0.29) is 0 Å². The van der Waals surface area contributed by atoms with Gasteiger partial charge in [0.1, 0.15) is 0 Å². The van der Waals surface area contributed by atoms with Crippen LogP contribution in [0.2, 0.25) is 0 Å². The molecule has 78 valence electrons. The molecule has 0 amide bonds. The summed E-state index contributed by atoms with van der Waals surface area (Å²) in [5, 5.41) is 8.05. The summed E-state index contributed by atoms with van der Waals surface area (Å²) < 4.78 is 2.06. The van der Waals surface area contributed by atoms with Crippen LogP contribution in [0.5, 0.6) is 0 Å². The van der Waals surface area contributed by atoms with Gasteiger partial charge in [-0.3, -0.25) is 4.68 Å². The maximum Gasteiger partial charge on any atom is 0.0793 e. The average Bonchev–Trinajstić information content (AvgIpc) is 2.69. The molecule has 1 aromatic heterocycles. The maximum atomic E-state index is 4.59. The van der Waals surface area contributed by atoms with Crippen LogP contribution in [0.25, 0.3) is 0 Å². The van der Waals surface area contributed by atoms with Crippen LogP contribution in [0.4, 0.5) is 0 Å². The Balaban J connectivity index is 2.01. The minimum atomic E-state index is 0.503. The summed E-state index contributed by atoms with van der Waals surface area (Å²) >= 11 is 0. The zero-order chi connectivity index (χ0) is 9.97. The minimum Gasteiger partial charge on any atom is -0.309 e. The number of rotatable bonds is 3. The van der Waals surface area contributed by atoms with E-state index in [1.54, 1.807) is 0 Å². The molecule has 3 nitrogen and oxygen atoms in total. The van der Waals surface area contributed by atoms with Gasteiger partial charge in [-0.2, -0.15) is 5.10 Å². The first kappa shape index (κ1) is 9.71. The summed E-state index contributed by atoms with van der Waals surface area (Å²) in [6, 6.07) is 2.65. The lowest BCUT2D eigenvalue weighted by atomic mass is 10.2. The van der Waals surface area contributed by atoms with E-state index in [0.717, 1.165) is 13.1 Å². The van der Waals surface area contributed by atoms with Crippen LogP contribution in [-0.2, 0) is 6.54 Å². The highest BCUT2D eigenvalue weighted by molar-refractivity contribution is 5.07. The molecule has 2 heterocycles. The largest absolute Gasteiger partial charge is 0.309 e. The highest BCUT2D eigenvalue weighted by Crippen LogP contribution is 2.20. The number of hydrogen-bond donors (Lipinski definition) is 1. The summed E-state index contributed by atoms with van der Waals surface area (Å²) in [6.45, 7) is 6.60. The Morgan fingerprint density at radius 3 is 3.14 bits per heavy atom. The van der Waals surface area contributed by atoms with Crippen LogP contribution >= 0.6 is 0 Å². The van der Waals surface area contributed by atoms with Crippen molar-refractivity contribution in [2.75, 3.05) is 6.54 Å². The fourth-order valence-corrected chi connectivity index (χ4v) is 1.98. The molecule has 1 fully saturated rings. The summed E-state index contributed by atoms with van der Waals surface area (Å²) in [6.07, 6.45) is 4.61. The lowest BCUT2D eigenvalue weighted by Crippen LogP contribution is -2.14. The fraction of sp³-hybridized carbons (Fsp3) is 0.727. The maximum absolute atomic E-state index is 4.59. The van der Waals surface area contributed by atoms with Gasteiger partial charge in [0.2, 0.25) is 0 Å². The van der Waals surface area contributed by atoms with Crippen molar-refractivity contribution < 1.29 is 0 Å². The van der Waals surface area contributed by atoms with Crippen molar-refractivity contribution in [3.05, 3.63) is 18.0 Å². The molecule has 1 aliphatic rings. The molecule has 0 saturated carbocycles. The first-order valence-corrected chi connectivity index (χ1v) is 5.52. The monoisotopic (exact) mass is 193 g/mol. The molecule has 1 saturated heterocycles. The SMILES string of the molecule is CC(C)Cn1ccc([C@@H]2CCCN2)n1. The molecule has 0 aromatic carbocycles. The first-order valence-electron chi connectivity index (χ1n) is 5.52. The van der Waals surface area contributed by atoms with Crippen molar-refractivity contribution in [2.24, 2.45) is 5.92 Å². The molecule has 0 spiro atoms. The summed E-state index contributed by atoms with van der Waals surface area (Å²) in [5.41, 5.74) is 1.21. The Morgan fingerprint density at radius 2 is 2.50 bits per heavy atom. The molecule has 0 unspecified atom stereocenters. The van der Waals surface area contributed by atoms with E-state index in [0.29, 0.717) is 12.0 Å². The molecule has 1 N–H and O–H groups in total. The fourth-order valence-electron chi connectivity index (χ4n) is 1.98. The number of nitrogens with one attached hydrogen (secondary N) is 1. The molecular weight excluding hydrogens is 174 g/mol. The van der Waals surface area contributed by atoms with Gasteiger partial charge in [-0.25, -0.2) is 0 Å². The predicted molar refractivity (Wildman–Crippen MR) is 57.0 cm³/mol. The van der Waals surface area contributed by atoms with E-state index in [1.165, 1.54) is 18.5 Å². The zero-order valence-electron chi connectivity index (χ0n) is 9.03. The Hall–Kier alpha value is -0.830. The van der Waals surface area contributed by atoms with Gasteiger partial charge in [0.15, 0.2) is 0 Å². The molecule has 0 radical (unpaired) electrons. The van der Waals surface area contributed by atoms with Crippen LogP contribution < -0.4 is 5.32 Å². The Bertz CT molecular complexity index is 284. The van der Waals surface area contributed by atoms with Gasteiger partial charge in [-0.1, -0.05) is 13.8 Å². The molecule has 1 atom stereocenters. The van der Waals surface area contributed by atoms with Crippen LogP contribution in [-0.4, -0.2) is 16.3 Å². The van der Waals surface area contributed by atoms with Crippen LogP contribution in [0, 0.1) is 5.92 Å². The number of hydrogen-bond acceptors (Lipinski definition) is 2. The lowest BCUT2D eigenvalue weighted by molar-refractivity contribution is 0.473. The molecular formula is C11H19N3. The van der Waals surface area contributed by atoms with Crippen molar-refractivity contribution in [3.8, 4) is 0 Å². The van der Waals surface area contributed by atoms with E-state index in [9.17, 15) is 0 Å². The molecule has 3 heteroatoms. The third kappa shape index (κ3) is 2.15. The third-order valence-corrected chi connectivity index (χ3v) is 2.63.